The lowest BCUT2D eigenvalue weighted by Gasteiger charge is -2.11. The van der Waals surface area contributed by atoms with Crippen LogP contribution in [-0.2, 0) is 12.8 Å². The largest absolute Gasteiger partial charge is 0.491 e. The number of thiophene rings is 1. The fourth-order valence-corrected chi connectivity index (χ4v) is 4.54. The molecule has 138 valence electrons. The number of primary amides is 1. The molecule has 1 aromatic heterocycles. The van der Waals surface area contributed by atoms with Crippen LogP contribution in [-0.4, -0.2) is 17.9 Å². The molecule has 0 saturated heterocycles. The van der Waals surface area contributed by atoms with Gasteiger partial charge in [0.1, 0.15) is 10.8 Å². The minimum Gasteiger partial charge on any atom is -0.491 e. The Morgan fingerprint density at radius 2 is 1.96 bits per heavy atom. The minimum atomic E-state index is -0.475. The van der Waals surface area contributed by atoms with E-state index in [0.717, 1.165) is 37.7 Å². The SMILES string of the molecule is CC(C)Oc1cccc(C(=O)Nc2sc3c(c2C(N)=O)CCCCC3)c1. The molecule has 1 aliphatic carbocycles. The highest BCUT2D eigenvalue weighted by Gasteiger charge is 2.24. The fourth-order valence-electron chi connectivity index (χ4n) is 3.25. The van der Waals surface area contributed by atoms with Gasteiger partial charge in [-0.2, -0.15) is 0 Å². The average molecular weight is 372 g/mol. The molecule has 0 saturated carbocycles. The van der Waals surface area contributed by atoms with Gasteiger partial charge in [0.15, 0.2) is 0 Å². The molecule has 0 bridgehead atoms. The number of anilines is 1. The maximum atomic E-state index is 12.7. The van der Waals surface area contributed by atoms with Gasteiger partial charge < -0.3 is 15.8 Å². The van der Waals surface area contributed by atoms with Crippen molar-refractivity contribution in [2.24, 2.45) is 5.73 Å². The van der Waals surface area contributed by atoms with Crippen LogP contribution in [0.1, 0.15) is 64.3 Å². The van der Waals surface area contributed by atoms with Crippen molar-refractivity contribution < 1.29 is 14.3 Å². The fraction of sp³-hybridized carbons (Fsp3) is 0.400. The van der Waals surface area contributed by atoms with Crippen molar-refractivity contribution in [3.05, 3.63) is 45.8 Å². The normalized spacial score (nSPS) is 13.8. The van der Waals surface area contributed by atoms with Crippen LogP contribution in [0.15, 0.2) is 24.3 Å². The van der Waals surface area contributed by atoms with Crippen molar-refractivity contribution in [1.29, 1.82) is 0 Å². The molecule has 5 nitrogen and oxygen atoms in total. The summed E-state index contributed by atoms with van der Waals surface area (Å²) in [5.41, 5.74) is 7.61. The van der Waals surface area contributed by atoms with Gasteiger partial charge in [-0.15, -0.1) is 11.3 Å². The summed E-state index contributed by atoms with van der Waals surface area (Å²) < 4.78 is 5.65. The first-order chi connectivity index (χ1) is 12.5. The number of rotatable bonds is 5. The van der Waals surface area contributed by atoms with E-state index in [1.54, 1.807) is 18.2 Å². The lowest BCUT2D eigenvalue weighted by molar-refractivity contribution is 0.100. The molecule has 3 rings (SSSR count). The van der Waals surface area contributed by atoms with Gasteiger partial charge in [0.2, 0.25) is 0 Å². The molecule has 0 atom stereocenters. The van der Waals surface area contributed by atoms with E-state index < -0.39 is 5.91 Å². The maximum absolute atomic E-state index is 12.7. The summed E-state index contributed by atoms with van der Waals surface area (Å²) in [6.45, 7) is 3.87. The second-order valence-electron chi connectivity index (χ2n) is 6.78. The van der Waals surface area contributed by atoms with E-state index in [2.05, 4.69) is 5.32 Å². The molecule has 0 fully saturated rings. The zero-order valence-corrected chi connectivity index (χ0v) is 15.9. The third kappa shape index (κ3) is 4.07. The van der Waals surface area contributed by atoms with E-state index in [1.165, 1.54) is 16.2 Å². The number of carbonyl (C=O) groups excluding carboxylic acids is 2. The van der Waals surface area contributed by atoms with Crippen molar-refractivity contribution >= 4 is 28.2 Å². The molecule has 6 heteroatoms. The first-order valence-corrected chi connectivity index (χ1v) is 9.79. The van der Waals surface area contributed by atoms with E-state index in [9.17, 15) is 9.59 Å². The van der Waals surface area contributed by atoms with Gasteiger partial charge in [0.25, 0.3) is 11.8 Å². The van der Waals surface area contributed by atoms with Gasteiger partial charge in [-0.25, -0.2) is 0 Å². The first-order valence-electron chi connectivity index (χ1n) is 8.98. The lowest BCUT2D eigenvalue weighted by Crippen LogP contribution is -2.18. The second kappa shape index (κ2) is 7.91. The molecule has 2 aromatic rings. The molecule has 3 N–H and O–H groups in total. The summed E-state index contributed by atoms with van der Waals surface area (Å²) in [7, 11) is 0. The van der Waals surface area contributed by atoms with Crippen LogP contribution in [0.5, 0.6) is 5.75 Å². The summed E-state index contributed by atoms with van der Waals surface area (Å²) in [5, 5.41) is 3.45. The number of hydrogen-bond acceptors (Lipinski definition) is 4. The summed E-state index contributed by atoms with van der Waals surface area (Å²) >= 11 is 1.48. The number of benzene rings is 1. The number of carbonyl (C=O) groups is 2. The summed E-state index contributed by atoms with van der Waals surface area (Å²) in [6.07, 6.45) is 5.12. The van der Waals surface area contributed by atoms with Gasteiger partial charge in [-0.1, -0.05) is 12.5 Å². The molecular formula is C20H24N2O3S. The number of ether oxygens (including phenoxy) is 1. The molecule has 0 spiro atoms. The number of fused-ring (bicyclic) bond motifs is 1. The number of hydrogen-bond donors (Lipinski definition) is 2. The first kappa shape index (κ1) is 18.5. The highest BCUT2D eigenvalue weighted by molar-refractivity contribution is 7.17. The summed E-state index contributed by atoms with van der Waals surface area (Å²) in [5.74, 6) is -0.0977. The summed E-state index contributed by atoms with van der Waals surface area (Å²) in [4.78, 5) is 25.9. The number of nitrogens with two attached hydrogens (primary N) is 1. The van der Waals surface area contributed by atoms with Crippen LogP contribution in [0.2, 0.25) is 0 Å². The Balaban J connectivity index is 1.87. The van der Waals surface area contributed by atoms with Gasteiger partial charge >= 0.3 is 0 Å². The van der Waals surface area contributed by atoms with E-state index >= 15 is 0 Å². The van der Waals surface area contributed by atoms with Gasteiger partial charge in [0, 0.05) is 10.4 Å². The van der Waals surface area contributed by atoms with Crippen LogP contribution in [0.4, 0.5) is 5.00 Å². The standard InChI is InChI=1S/C20H24N2O3S/c1-12(2)25-14-8-6-7-13(11-14)19(24)22-20-17(18(21)23)15-9-4-3-5-10-16(15)26-20/h6-8,11-12H,3-5,9-10H2,1-2H3,(H2,21,23)(H,22,24). The molecule has 1 aliphatic rings. The molecule has 0 aliphatic heterocycles. The Hall–Kier alpha value is -2.34. The quantitative estimate of drug-likeness (QED) is 0.774. The predicted octanol–water partition coefficient (Wildman–Crippen LogP) is 4.16. The molecule has 26 heavy (non-hydrogen) atoms. The zero-order chi connectivity index (χ0) is 18.7. The van der Waals surface area contributed by atoms with Gasteiger partial charge in [-0.05, 0) is 63.3 Å². The Morgan fingerprint density at radius 3 is 2.69 bits per heavy atom. The minimum absolute atomic E-state index is 0.0303. The molecule has 0 unspecified atom stereocenters. The van der Waals surface area contributed by atoms with E-state index in [0.29, 0.717) is 21.9 Å². The van der Waals surface area contributed by atoms with E-state index in [-0.39, 0.29) is 12.0 Å². The monoisotopic (exact) mass is 372 g/mol. The van der Waals surface area contributed by atoms with Crippen molar-refractivity contribution in [2.45, 2.75) is 52.1 Å². The van der Waals surface area contributed by atoms with E-state index in [4.69, 9.17) is 10.5 Å². The van der Waals surface area contributed by atoms with Crippen LogP contribution >= 0.6 is 11.3 Å². The Morgan fingerprint density at radius 1 is 1.19 bits per heavy atom. The molecule has 1 aromatic carbocycles. The number of nitrogens with one attached hydrogen (secondary N) is 1. The van der Waals surface area contributed by atoms with Crippen LogP contribution < -0.4 is 15.8 Å². The Kier molecular flexibility index (Phi) is 5.61. The third-order valence-corrected chi connectivity index (χ3v) is 5.57. The average Bonchev–Trinajstić information content (AvgIpc) is 2.76. The van der Waals surface area contributed by atoms with E-state index in [1.807, 2.05) is 19.9 Å². The summed E-state index contributed by atoms with van der Waals surface area (Å²) in [6, 6.07) is 7.03. The maximum Gasteiger partial charge on any atom is 0.256 e. The predicted molar refractivity (Wildman–Crippen MR) is 104 cm³/mol. The molecule has 0 radical (unpaired) electrons. The smallest absolute Gasteiger partial charge is 0.256 e. The van der Waals surface area contributed by atoms with Gasteiger partial charge in [0.05, 0.1) is 11.7 Å². The van der Waals surface area contributed by atoms with Gasteiger partial charge in [-0.3, -0.25) is 9.59 Å². The van der Waals surface area contributed by atoms with Crippen molar-refractivity contribution in [3.63, 3.8) is 0 Å². The van der Waals surface area contributed by atoms with Crippen molar-refractivity contribution in [2.75, 3.05) is 5.32 Å². The molecule has 2 amide bonds. The highest BCUT2D eigenvalue weighted by atomic mass is 32.1. The highest BCUT2D eigenvalue weighted by Crippen LogP contribution is 2.37. The zero-order valence-electron chi connectivity index (χ0n) is 15.1. The molecule has 1 heterocycles. The van der Waals surface area contributed by atoms with Crippen molar-refractivity contribution in [3.8, 4) is 5.75 Å². The molecular weight excluding hydrogens is 348 g/mol. The topological polar surface area (TPSA) is 81.4 Å². The van der Waals surface area contributed by atoms with Crippen LogP contribution in [0.25, 0.3) is 0 Å². The van der Waals surface area contributed by atoms with Crippen LogP contribution in [0.3, 0.4) is 0 Å². The third-order valence-electron chi connectivity index (χ3n) is 4.36. The lowest BCUT2D eigenvalue weighted by atomic mass is 10.1. The van der Waals surface area contributed by atoms with Crippen molar-refractivity contribution in [1.82, 2.24) is 0 Å². The number of aryl methyl sites for hydroxylation is 1. The Bertz CT molecular complexity index is 826. The Labute approximate surface area is 157 Å². The second-order valence-corrected chi connectivity index (χ2v) is 7.89. The number of amides is 2. The van der Waals surface area contributed by atoms with Crippen LogP contribution in [0, 0.1) is 0 Å².